The van der Waals surface area contributed by atoms with Gasteiger partial charge in [0, 0.05) is 0 Å². The second-order valence-electron chi connectivity index (χ2n) is 0. The molecule has 24 valence electrons. The van der Waals surface area contributed by atoms with Crippen LogP contribution in [0.3, 0.4) is 0 Å². The molecule has 0 saturated heterocycles. The Bertz CT molecular complexity index is 14.0. The van der Waals surface area contributed by atoms with Gasteiger partial charge >= 0.3 is 46.1 Å². The van der Waals surface area contributed by atoms with E-state index in [4.69, 9.17) is 0 Å². The van der Waals surface area contributed by atoms with Crippen LogP contribution in [-0.2, 0) is 0 Å². The van der Waals surface area contributed by atoms with Crippen molar-refractivity contribution in [3.8, 4) is 0 Å². The van der Waals surface area contributed by atoms with Gasteiger partial charge in [-0.05, 0) is 0 Å². The van der Waals surface area contributed by atoms with Crippen LogP contribution in [0, 0.1) is 0 Å². The molecule has 0 saturated carbocycles. The van der Waals surface area contributed by atoms with Gasteiger partial charge in [0.25, 0.3) is 0 Å². The van der Waals surface area contributed by atoms with Gasteiger partial charge in [-0.15, -0.1) is 12.4 Å². The minimum absolute atomic E-state index is 0. The van der Waals surface area contributed by atoms with Crippen molar-refractivity contribution in [2.24, 2.45) is 0 Å². The summed E-state index contributed by atoms with van der Waals surface area (Å²) >= 11 is 0. The zero-order valence-electron chi connectivity index (χ0n) is 6.23. The van der Waals surface area contributed by atoms with E-state index < -0.39 is 0 Å². The van der Waals surface area contributed by atoms with Crippen molar-refractivity contribution < 1.29 is 10.4 Å². The van der Waals surface area contributed by atoms with Crippen LogP contribution in [0.2, 0.25) is 0 Å². The second kappa shape index (κ2) is 21.8. The number of halogens is 2. The van der Waals surface area contributed by atoms with Gasteiger partial charge in [-0.25, -0.2) is 0 Å². The average molecular weight is 109 g/mol. The maximum Gasteiger partial charge on any atom is 2.00 e. The summed E-state index contributed by atoms with van der Waals surface area (Å²) in [6, 6.07) is 0. The van der Waals surface area contributed by atoms with Crippen LogP contribution in [-0.4, -0.2) is 46.1 Å². The summed E-state index contributed by atoms with van der Waals surface area (Å²) in [6.45, 7) is 0. The third-order valence-corrected chi connectivity index (χ3v) is 0. The molecule has 4 heteroatoms. The van der Waals surface area contributed by atoms with E-state index in [2.05, 4.69) is 0 Å². The first-order valence-electron chi connectivity index (χ1n) is 0. The average Bonchev–Trinajstić information content (AvgIpc) is 0. The smallest absolute Gasteiger partial charge is 1.00 e. The van der Waals surface area contributed by atoms with Gasteiger partial charge in [0.15, 0.2) is 0 Å². The number of hydrogen-bond acceptors (Lipinski definition) is 0. The predicted molar refractivity (Wildman–Crippen MR) is 25.7 cm³/mol. The quantitative estimate of drug-likeness (QED) is 0.391. The summed E-state index contributed by atoms with van der Waals surface area (Å²) in [4.78, 5) is 0. The first-order chi connectivity index (χ1) is 0. The molecule has 0 N–H and O–H groups in total. The predicted octanol–water partition coefficient (Wildman–Crippen LogP) is 0.263. The summed E-state index contributed by atoms with van der Waals surface area (Å²) in [7, 11) is 0. The molecular formula is H6ClFMg2. The molecule has 0 rings (SSSR count). The largest absolute Gasteiger partial charge is 2.00 e. The Morgan fingerprint density at radius 3 is 1.00 bits per heavy atom. The fourth-order valence-corrected chi connectivity index (χ4v) is 0. The molecule has 0 radical (unpaired) electrons. The van der Waals surface area contributed by atoms with Crippen LogP contribution in [0.15, 0.2) is 0 Å². The topological polar surface area (TPSA) is 0 Å². The molecule has 0 bridgehead atoms. The van der Waals surface area contributed by atoms with Crippen LogP contribution in [0.1, 0.15) is 5.71 Å². The van der Waals surface area contributed by atoms with Crippen molar-refractivity contribution in [2.75, 3.05) is 0 Å². The minimum Gasteiger partial charge on any atom is -1.00 e. The molecule has 0 aliphatic heterocycles. The molecule has 0 unspecified atom stereocenters. The van der Waals surface area contributed by atoms with Gasteiger partial charge in [-0.3, -0.25) is 4.70 Å². The van der Waals surface area contributed by atoms with Crippen LogP contribution in [0.5, 0.6) is 0 Å². The van der Waals surface area contributed by atoms with E-state index >= 15 is 0 Å². The van der Waals surface area contributed by atoms with Crippen LogP contribution in [0.4, 0.5) is 4.70 Å². The monoisotopic (exact) mass is 108 g/mol. The first kappa shape index (κ1) is 42.3. The van der Waals surface area contributed by atoms with E-state index in [1.54, 1.807) is 0 Å². The fraction of sp³-hybridized carbons (Fsp3) is 0. The van der Waals surface area contributed by atoms with E-state index in [0.717, 1.165) is 0 Å². The van der Waals surface area contributed by atoms with E-state index in [9.17, 15) is 0 Å². The Balaban J connectivity index is 0. The Labute approximate surface area is 68.7 Å². The van der Waals surface area contributed by atoms with Crippen molar-refractivity contribution in [1.29, 1.82) is 0 Å². The molecule has 0 aliphatic carbocycles. The Kier molecular flexibility index (Phi) is 230. The minimum atomic E-state index is 0. The second-order valence-corrected chi connectivity index (χ2v) is 0. The SMILES string of the molecule is Cl.F.[H-].[H-].[H-].[H-].[Mg+2].[Mg+2]. The van der Waals surface area contributed by atoms with Gasteiger partial charge in [-0.1, -0.05) is 0 Å². The molecule has 0 fully saturated rings. The number of hydrogen-bond donors (Lipinski definition) is 0. The van der Waals surface area contributed by atoms with Crippen molar-refractivity contribution in [2.45, 2.75) is 0 Å². The van der Waals surface area contributed by atoms with Crippen LogP contribution < -0.4 is 0 Å². The van der Waals surface area contributed by atoms with Crippen molar-refractivity contribution in [3.63, 3.8) is 0 Å². The zero-order chi connectivity index (χ0) is 0. The summed E-state index contributed by atoms with van der Waals surface area (Å²) in [5.74, 6) is 0. The third-order valence-electron chi connectivity index (χ3n) is 0. The van der Waals surface area contributed by atoms with Crippen molar-refractivity contribution in [1.82, 2.24) is 0 Å². The van der Waals surface area contributed by atoms with Gasteiger partial charge < -0.3 is 5.71 Å². The van der Waals surface area contributed by atoms with Gasteiger partial charge in [0.2, 0.25) is 0 Å². The molecule has 0 aromatic heterocycles. The first-order valence-corrected chi connectivity index (χ1v) is 0. The van der Waals surface area contributed by atoms with E-state index in [-0.39, 0.29) is 68.9 Å². The molecule has 0 nitrogen and oxygen atoms in total. The standard InChI is InChI=1S/ClH.FH.2Mg.4H/h2*1H;;;;;;/q;;2*+2;4*-1. The summed E-state index contributed by atoms with van der Waals surface area (Å²) in [5.41, 5.74) is 0. The zero-order valence-corrected chi connectivity index (χ0v) is 5.88. The molecule has 0 aromatic carbocycles. The summed E-state index contributed by atoms with van der Waals surface area (Å²) < 4.78 is 0. The molecule has 0 amide bonds. The molecule has 0 spiro atoms. The maximum absolute atomic E-state index is 0. The summed E-state index contributed by atoms with van der Waals surface area (Å²) in [6.07, 6.45) is 0. The fourth-order valence-electron chi connectivity index (χ4n) is 0. The third kappa shape index (κ3) is 9.26. The molecule has 4 heavy (non-hydrogen) atoms. The summed E-state index contributed by atoms with van der Waals surface area (Å²) in [5, 5.41) is 0. The molecule has 0 aliphatic rings. The van der Waals surface area contributed by atoms with Gasteiger partial charge in [0.05, 0.1) is 0 Å². The van der Waals surface area contributed by atoms with E-state index in [1.165, 1.54) is 0 Å². The van der Waals surface area contributed by atoms with Gasteiger partial charge in [0.1, 0.15) is 0 Å². The Morgan fingerprint density at radius 1 is 1.00 bits per heavy atom. The number of rotatable bonds is 0. The van der Waals surface area contributed by atoms with Gasteiger partial charge in [-0.2, -0.15) is 0 Å². The molecule has 0 aromatic rings. The molecule has 0 heterocycles. The normalized spacial score (nSPS) is 0. The van der Waals surface area contributed by atoms with Crippen molar-refractivity contribution in [3.05, 3.63) is 0 Å². The Hall–Kier alpha value is 1.75. The van der Waals surface area contributed by atoms with E-state index in [0.29, 0.717) is 0 Å². The van der Waals surface area contributed by atoms with Crippen molar-refractivity contribution >= 4 is 58.5 Å². The van der Waals surface area contributed by atoms with E-state index in [1.807, 2.05) is 0 Å². The van der Waals surface area contributed by atoms with Crippen LogP contribution >= 0.6 is 12.4 Å². The maximum atomic E-state index is 0. The molecule has 0 atom stereocenters. The van der Waals surface area contributed by atoms with Crippen LogP contribution in [0.25, 0.3) is 0 Å². The Morgan fingerprint density at radius 2 is 1.00 bits per heavy atom. The molecular weight excluding hydrogens is 103 g/mol.